The molecule has 8 nitrogen and oxygen atoms in total. The van der Waals surface area contributed by atoms with Crippen molar-refractivity contribution >= 4 is 17.6 Å². The Morgan fingerprint density at radius 2 is 1.57 bits per heavy atom. The molecule has 0 bridgehead atoms. The first-order valence-corrected chi connectivity index (χ1v) is 11.6. The van der Waals surface area contributed by atoms with Gasteiger partial charge < -0.3 is 30.3 Å². The lowest BCUT2D eigenvalue weighted by Crippen LogP contribution is -2.49. The number of methoxy groups -OCH3 is 1. The number of piperazine rings is 1. The Morgan fingerprint density at radius 1 is 0.886 bits per heavy atom. The van der Waals surface area contributed by atoms with Gasteiger partial charge in [0, 0.05) is 31.9 Å². The van der Waals surface area contributed by atoms with Crippen LogP contribution >= 0.6 is 0 Å². The lowest BCUT2D eigenvalue weighted by molar-refractivity contribution is -0.132. The number of hydrogen-bond donors (Lipinski definition) is 2. The van der Waals surface area contributed by atoms with Crippen LogP contribution in [0.3, 0.4) is 0 Å². The third-order valence-corrected chi connectivity index (χ3v) is 6.00. The zero-order valence-electron chi connectivity index (χ0n) is 19.7. The molecule has 8 heteroatoms. The SMILES string of the molecule is COc1ccc(N2CCN(C(=O)C[C@@H](NC(N)=O)c3cccc(Oc4ccccc4)c3)CC2)cc1. The van der Waals surface area contributed by atoms with E-state index in [1.807, 2.05) is 83.8 Å². The van der Waals surface area contributed by atoms with Crippen LogP contribution in [0.5, 0.6) is 17.2 Å². The summed E-state index contributed by atoms with van der Waals surface area (Å²) in [6.07, 6.45) is 0.111. The van der Waals surface area contributed by atoms with E-state index in [1.165, 1.54) is 0 Å². The van der Waals surface area contributed by atoms with Gasteiger partial charge in [-0.1, -0.05) is 30.3 Å². The van der Waals surface area contributed by atoms with Gasteiger partial charge in [0.25, 0.3) is 0 Å². The number of amides is 3. The van der Waals surface area contributed by atoms with Crippen molar-refractivity contribution in [1.82, 2.24) is 10.2 Å². The lowest BCUT2D eigenvalue weighted by atomic mass is 10.0. The molecule has 182 valence electrons. The first kappa shape index (κ1) is 23.9. The predicted molar refractivity (Wildman–Crippen MR) is 135 cm³/mol. The van der Waals surface area contributed by atoms with E-state index >= 15 is 0 Å². The molecule has 4 rings (SSSR count). The quantitative estimate of drug-likeness (QED) is 0.516. The van der Waals surface area contributed by atoms with Crippen LogP contribution in [0.2, 0.25) is 0 Å². The van der Waals surface area contributed by atoms with Crippen LogP contribution in [-0.4, -0.2) is 50.1 Å². The number of nitrogens with two attached hydrogens (primary N) is 1. The Balaban J connectivity index is 1.39. The Kier molecular flexibility index (Phi) is 7.72. The van der Waals surface area contributed by atoms with E-state index in [2.05, 4.69) is 10.2 Å². The maximum atomic E-state index is 13.1. The fraction of sp³-hybridized carbons (Fsp3) is 0.259. The van der Waals surface area contributed by atoms with Crippen LogP contribution in [0.1, 0.15) is 18.0 Å². The van der Waals surface area contributed by atoms with Crippen molar-refractivity contribution < 1.29 is 19.1 Å². The van der Waals surface area contributed by atoms with E-state index in [0.29, 0.717) is 24.6 Å². The van der Waals surface area contributed by atoms with Gasteiger partial charge >= 0.3 is 6.03 Å². The topological polar surface area (TPSA) is 97.1 Å². The zero-order valence-corrected chi connectivity index (χ0v) is 19.7. The normalized spacial score (nSPS) is 14.2. The third kappa shape index (κ3) is 6.44. The summed E-state index contributed by atoms with van der Waals surface area (Å²) in [5.41, 5.74) is 7.28. The Bertz CT molecular complexity index is 1130. The van der Waals surface area contributed by atoms with E-state index in [0.717, 1.165) is 30.1 Å². The molecule has 3 N–H and O–H groups in total. The fourth-order valence-electron chi connectivity index (χ4n) is 4.15. The molecule has 0 spiro atoms. The summed E-state index contributed by atoms with van der Waals surface area (Å²) in [4.78, 5) is 28.9. The number of para-hydroxylation sites is 1. The number of hydrogen-bond acceptors (Lipinski definition) is 5. The average molecular weight is 475 g/mol. The van der Waals surface area contributed by atoms with Crippen LogP contribution in [0, 0.1) is 0 Å². The molecule has 1 aliphatic heterocycles. The molecule has 3 amide bonds. The summed E-state index contributed by atoms with van der Waals surface area (Å²) < 4.78 is 11.1. The number of carbonyl (C=O) groups is 2. The van der Waals surface area contributed by atoms with Crippen LogP contribution < -0.4 is 25.4 Å². The van der Waals surface area contributed by atoms with E-state index in [-0.39, 0.29) is 12.3 Å². The molecule has 0 aliphatic carbocycles. The summed E-state index contributed by atoms with van der Waals surface area (Å²) in [5.74, 6) is 2.10. The molecule has 1 saturated heterocycles. The smallest absolute Gasteiger partial charge is 0.312 e. The highest BCUT2D eigenvalue weighted by Gasteiger charge is 2.25. The summed E-state index contributed by atoms with van der Waals surface area (Å²) in [6.45, 7) is 2.66. The Labute approximate surface area is 205 Å². The minimum Gasteiger partial charge on any atom is -0.497 e. The van der Waals surface area contributed by atoms with E-state index in [4.69, 9.17) is 15.2 Å². The minimum atomic E-state index is -0.679. The monoisotopic (exact) mass is 474 g/mol. The second-order valence-corrected chi connectivity index (χ2v) is 8.32. The van der Waals surface area contributed by atoms with Gasteiger partial charge in [-0.05, 0) is 54.1 Å². The number of nitrogens with zero attached hydrogens (tertiary/aromatic N) is 2. The summed E-state index contributed by atoms with van der Waals surface area (Å²) in [7, 11) is 1.65. The van der Waals surface area contributed by atoms with Gasteiger partial charge in [-0.3, -0.25) is 4.79 Å². The van der Waals surface area contributed by atoms with Crippen LogP contribution in [0.25, 0.3) is 0 Å². The summed E-state index contributed by atoms with van der Waals surface area (Å²) in [5, 5.41) is 2.72. The maximum absolute atomic E-state index is 13.1. The fourth-order valence-corrected chi connectivity index (χ4v) is 4.15. The predicted octanol–water partition coefficient (Wildman–Crippen LogP) is 3.94. The largest absolute Gasteiger partial charge is 0.497 e. The van der Waals surface area contributed by atoms with Gasteiger partial charge in [0.05, 0.1) is 19.6 Å². The molecule has 3 aromatic carbocycles. The number of benzene rings is 3. The highest BCUT2D eigenvalue weighted by Crippen LogP contribution is 2.27. The second kappa shape index (κ2) is 11.3. The van der Waals surface area contributed by atoms with Gasteiger partial charge in [-0.2, -0.15) is 0 Å². The lowest BCUT2D eigenvalue weighted by Gasteiger charge is -2.36. The van der Waals surface area contributed by atoms with Crippen LogP contribution in [-0.2, 0) is 4.79 Å². The number of rotatable bonds is 8. The first-order chi connectivity index (χ1) is 17.0. The molecular weight excluding hydrogens is 444 g/mol. The number of anilines is 1. The summed E-state index contributed by atoms with van der Waals surface area (Å²) in [6, 6.07) is 23.4. The highest BCUT2D eigenvalue weighted by molar-refractivity contribution is 5.79. The Morgan fingerprint density at radius 3 is 2.23 bits per heavy atom. The van der Waals surface area contributed by atoms with Gasteiger partial charge in [-0.15, -0.1) is 0 Å². The van der Waals surface area contributed by atoms with E-state index < -0.39 is 12.1 Å². The van der Waals surface area contributed by atoms with Gasteiger partial charge in [0.1, 0.15) is 17.2 Å². The molecule has 1 fully saturated rings. The maximum Gasteiger partial charge on any atom is 0.312 e. The van der Waals surface area contributed by atoms with Gasteiger partial charge in [-0.25, -0.2) is 4.79 Å². The minimum absolute atomic E-state index is 0.0347. The van der Waals surface area contributed by atoms with Crippen molar-refractivity contribution in [1.29, 1.82) is 0 Å². The Hall–Kier alpha value is -4.20. The van der Waals surface area contributed by atoms with Crippen LogP contribution in [0.4, 0.5) is 10.5 Å². The molecule has 0 radical (unpaired) electrons. The molecule has 1 heterocycles. The molecule has 0 unspecified atom stereocenters. The van der Waals surface area contributed by atoms with Gasteiger partial charge in [0.15, 0.2) is 0 Å². The number of primary amides is 1. The molecule has 0 saturated carbocycles. The molecule has 3 aromatic rings. The van der Waals surface area contributed by atoms with Crippen molar-refractivity contribution in [2.24, 2.45) is 5.73 Å². The van der Waals surface area contributed by atoms with Crippen molar-refractivity contribution in [3.05, 3.63) is 84.4 Å². The average Bonchev–Trinajstić information content (AvgIpc) is 2.89. The van der Waals surface area contributed by atoms with E-state index in [9.17, 15) is 9.59 Å². The zero-order chi connectivity index (χ0) is 24.6. The highest BCUT2D eigenvalue weighted by atomic mass is 16.5. The first-order valence-electron chi connectivity index (χ1n) is 11.6. The van der Waals surface area contributed by atoms with Crippen molar-refractivity contribution in [3.63, 3.8) is 0 Å². The van der Waals surface area contributed by atoms with Crippen molar-refractivity contribution in [2.75, 3.05) is 38.2 Å². The molecule has 0 aromatic heterocycles. The van der Waals surface area contributed by atoms with Gasteiger partial charge in [0.2, 0.25) is 5.91 Å². The van der Waals surface area contributed by atoms with E-state index in [1.54, 1.807) is 7.11 Å². The number of carbonyl (C=O) groups excluding carboxylic acids is 2. The molecule has 1 aliphatic rings. The molecular formula is C27H30N4O4. The number of nitrogens with one attached hydrogen (secondary N) is 1. The molecule has 35 heavy (non-hydrogen) atoms. The van der Waals surface area contributed by atoms with Crippen LogP contribution in [0.15, 0.2) is 78.9 Å². The van der Waals surface area contributed by atoms with Crippen molar-refractivity contribution in [2.45, 2.75) is 12.5 Å². The summed E-state index contributed by atoms with van der Waals surface area (Å²) >= 11 is 0. The standard InChI is InChI=1S/C27H30N4O4/c1-34-22-12-10-21(11-13-22)30-14-16-31(17-15-30)26(32)19-25(29-27(28)33)20-6-5-9-24(18-20)35-23-7-3-2-4-8-23/h2-13,18,25H,14-17,19H2,1H3,(H3,28,29,33)/t25-/m1/s1. The number of ether oxygens (including phenoxy) is 2. The second-order valence-electron chi connectivity index (χ2n) is 8.32. The number of urea groups is 1. The van der Waals surface area contributed by atoms with Crippen molar-refractivity contribution in [3.8, 4) is 17.2 Å². The molecule has 1 atom stereocenters. The third-order valence-electron chi connectivity index (χ3n) is 6.00.